The van der Waals surface area contributed by atoms with Gasteiger partial charge in [0.1, 0.15) is 5.82 Å². The number of benzene rings is 1. The lowest BCUT2D eigenvalue weighted by molar-refractivity contribution is 0.444. The van der Waals surface area contributed by atoms with Gasteiger partial charge < -0.3 is 10.2 Å². The van der Waals surface area contributed by atoms with Gasteiger partial charge in [-0.25, -0.2) is 4.39 Å². The van der Waals surface area contributed by atoms with E-state index in [9.17, 15) is 4.39 Å². The summed E-state index contributed by atoms with van der Waals surface area (Å²) in [7, 11) is 0. The number of nitrogens with zero attached hydrogens (tertiary/aromatic N) is 1. The van der Waals surface area contributed by atoms with Crippen LogP contribution < -0.4 is 10.2 Å². The van der Waals surface area contributed by atoms with E-state index >= 15 is 0 Å². The average Bonchev–Trinajstić information content (AvgIpc) is 2.40. The third-order valence-corrected chi connectivity index (χ3v) is 3.95. The van der Waals surface area contributed by atoms with Crippen molar-refractivity contribution in [1.82, 2.24) is 5.32 Å². The van der Waals surface area contributed by atoms with Crippen LogP contribution in [0.25, 0.3) is 0 Å². The van der Waals surface area contributed by atoms with Gasteiger partial charge in [0.15, 0.2) is 0 Å². The van der Waals surface area contributed by atoms with Crippen LogP contribution in [0.1, 0.15) is 39.2 Å². The van der Waals surface area contributed by atoms with Gasteiger partial charge in [0, 0.05) is 30.9 Å². The molecular formula is C17H27FN2. The minimum atomic E-state index is -0.0861. The van der Waals surface area contributed by atoms with Gasteiger partial charge >= 0.3 is 0 Å². The zero-order valence-electron chi connectivity index (χ0n) is 13.0. The van der Waals surface area contributed by atoms with Crippen LogP contribution in [0, 0.1) is 17.7 Å². The fourth-order valence-corrected chi connectivity index (χ4v) is 2.91. The van der Waals surface area contributed by atoms with Gasteiger partial charge in [-0.05, 0) is 43.4 Å². The molecule has 0 bridgehead atoms. The SMILES string of the molecule is CC(C)CNCc1c(F)cccc1N1CCCC(C)C1. The molecule has 20 heavy (non-hydrogen) atoms. The second-order valence-electron chi connectivity index (χ2n) is 6.46. The molecule has 0 aromatic heterocycles. The summed E-state index contributed by atoms with van der Waals surface area (Å²) in [6.07, 6.45) is 2.49. The van der Waals surface area contributed by atoms with E-state index in [0.717, 1.165) is 30.9 Å². The van der Waals surface area contributed by atoms with E-state index in [4.69, 9.17) is 0 Å². The molecule has 1 aliphatic rings. The first-order valence-electron chi connectivity index (χ1n) is 7.81. The van der Waals surface area contributed by atoms with Crippen molar-refractivity contribution in [2.45, 2.75) is 40.2 Å². The number of anilines is 1. The Labute approximate surface area is 122 Å². The predicted octanol–water partition coefficient (Wildman–Crippen LogP) is 3.81. The minimum absolute atomic E-state index is 0.0861. The zero-order valence-corrected chi connectivity index (χ0v) is 13.0. The summed E-state index contributed by atoms with van der Waals surface area (Å²) in [6, 6.07) is 5.46. The van der Waals surface area contributed by atoms with Crippen molar-refractivity contribution in [3.05, 3.63) is 29.6 Å². The van der Waals surface area contributed by atoms with Gasteiger partial charge in [0.25, 0.3) is 0 Å². The Balaban J connectivity index is 2.12. The van der Waals surface area contributed by atoms with Crippen molar-refractivity contribution >= 4 is 5.69 Å². The second-order valence-corrected chi connectivity index (χ2v) is 6.46. The number of hydrogen-bond acceptors (Lipinski definition) is 2. The van der Waals surface area contributed by atoms with Crippen molar-refractivity contribution in [1.29, 1.82) is 0 Å². The van der Waals surface area contributed by atoms with E-state index in [0.29, 0.717) is 18.4 Å². The fraction of sp³-hybridized carbons (Fsp3) is 0.647. The van der Waals surface area contributed by atoms with E-state index in [1.807, 2.05) is 6.07 Å². The first kappa shape index (κ1) is 15.3. The molecule has 1 aromatic rings. The van der Waals surface area contributed by atoms with Crippen LogP contribution in [-0.4, -0.2) is 19.6 Å². The van der Waals surface area contributed by atoms with E-state index < -0.39 is 0 Å². The van der Waals surface area contributed by atoms with Crippen molar-refractivity contribution in [3.63, 3.8) is 0 Å². The van der Waals surface area contributed by atoms with Crippen molar-refractivity contribution < 1.29 is 4.39 Å². The molecule has 0 saturated carbocycles. The van der Waals surface area contributed by atoms with E-state index in [2.05, 4.69) is 37.1 Å². The topological polar surface area (TPSA) is 15.3 Å². The Hall–Kier alpha value is -1.09. The van der Waals surface area contributed by atoms with Gasteiger partial charge in [-0.2, -0.15) is 0 Å². The van der Waals surface area contributed by atoms with Gasteiger partial charge in [0.05, 0.1) is 0 Å². The van der Waals surface area contributed by atoms with Gasteiger partial charge in [0.2, 0.25) is 0 Å². The van der Waals surface area contributed by atoms with Crippen molar-refractivity contribution in [2.24, 2.45) is 11.8 Å². The Morgan fingerprint density at radius 3 is 2.90 bits per heavy atom. The zero-order chi connectivity index (χ0) is 14.5. The third kappa shape index (κ3) is 3.95. The van der Waals surface area contributed by atoms with Crippen molar-refractivity contribution in [2.75, 3.05) is 24.5 Å². The first-order chi connectivity index (χ1) is 9.58. The maximum atomic E-state index is 14.2. The van der Waals surface area contributed by atoms with E-state index in [-0.39, 0.29) is 5.82 Å². The molecule has 0 radical (unpaired) electrons. The average molecular weight is 278 g/mol. The van der Waals surface area contributed by atoms with Gasteiger partial charge in [-0.3, -0.25) is 0 Å². The fourth-order valence-electron chi connectivity index (χ4n) is 2.91. The van der Waals surface area contributed by atoms with Crippen LogP contribution in [0.5, 0.6) is 0 Å². The summed E-state index contributed by atoms with van der Waals surface area (Å²) in [6.45, 7) is 10.2. The molecule has 1 aliphatic heterocycles. The molecule has 0 spiro atoms. The van der Waals surface area contributed by atoms with Crippen LogP contribution in [0.4, 0.5) is 10.1 Å². The van der Waals surface area contributed by atoms with Crippen molar-refractivity contribution in [3.8, 4) is 0 Å². The van der Waals surface area contributed by atoms with Crippen LogP contribution in [0.2, 0.25) is 0 Å². The quantitative estimate of drug-likeness (QED) is 0.881. The highest BCUT2D eigenvalue weighted by Gasteiger charge is 2.20. The molecule has 2 rings (SSSR count). The normalized spacial score (nSPS) is 19.6. The molecule has 1 heterocycles. The molecule has 112 valence electrons. The smallest absolute Gasteiger partial charge is 0.129 e. The lowest BCUT2D eigenvalue weighted by atomic mass is 9.98. The predicted molar refractivity (Wildman–Crippen MR) is 83.6 cm³/mol. The summed E-state index contributed by atoms with van der Waals surface area (Å²) in [5.74, 6) is 1.20. The molecule has 0 aliphatic carbocycles. The van der Waals surface area contributed by atoms with Crippen LogP contribution in [-0.2, 0) is 6.54 Å². The Morgan fingerprint density at radius 2 is 2.20 bits per heavy atom. The Morgan fingerprint density at radius 1 is 1.40 bits per heavy atom. The lowest BCUT2D eigenvalue weighted by Crippen LogP contribution is -2.35. The molecule has 1 aromatic carbocycles. The molecule has 1 unspecified atom stereocenters. The Bertz CT molecular complexity index is 431. The Kier molecular flexibility index (Phi) is 5.41. The molecule has 2 nitrogen and oxygen atoms in total. The van der Waals surface area contributed by atoms with E-state index in [1.165, 1.54) is 12.8 Å². The summed E-state index contributed by atoms with van der Waals surface area (Å²) in [5.41, 5.74) is 1.90. The maximum absolute atomic E-state index is 14.2. The highest BCUT2D eigenvalue weighted by Crippen LogP contribution is 2.27. The summed E-state index contributed by atoms with van der Waals surface area (Å²) in [4.78, 5) is 2.35. The molecule has 1 fully saturated rings. The number of piperidine rings is 1. The molecule has 1 saturated heterocycles. The molecule has 1 N–H and O–H groups in total. The molecule has 1 atom stereocenters. The second kappa shape index (κ2) is 7.07. The third-order valence-electron chi connectivity index (χ3n) is 3.95. The standard InChI is InChI=1S/C17H27FN2/c1-13(2)10-19-11-15-16(18)7-4-8-17(15)20-9-5-6-14(3)12-20/h4,7-8,13-14,19H,5-6,9-12H2,1-3H3. The van der Waals surface area contributed by atoms with Crippen LogP contribution in [0.3, 0.4) is 0 Å². The lowest BCUT2D eigenvalue weighted by Gasteiger charge is -2.34. The minimum Gasteiger partial charge on any atom is -0.371 e. The number of rotatable bonds is 5. The molecule has 0 amide bonds. The van der Waals surface area contributed by atoms with Gasteiger partial charge in [-0.1, -0.05) is 26.8 Å². The molecular weight excluding hydrogens is 251 g/mol. The highest BCUT2D eigenvalue weighted by molar-refractivity contribution is 5.54. The van der Waals surface area contributed by atoms with E-state index in [1.54, 1.807) is 6.07 Å². The van der Waals surface area contributed by atoms with Crippen LogP contribution in [0.15, 0.2) is 18.2 Å². The highest BCUT2D eigenvalue weighted by atomic mass is 19.1. The summed E-state index contributed by atoms with van der Waals surface area (Å²) >= 11 is 0. The number of halogens is 1. The first-order valence-corrected chi connectivity index (χ1v) is 7.81. The number of nitrogens with one attached hydrogen (secondary N) is 1. The maximum Gasteiger partial charge on any atom is 0.129 e. The largest absolute Gasteiger partial charge is 0.371 e. The summed E-state index contributed by atoms with van der Waals surface area (Å²) < 4.78 is 14.2. The van der Waals surface area contributed by atoms with Gasteiger partial charge in [-0.15, -0.1) is 0 Å². The monoisotopic (exact) mass is 278 g/mol. The summed E-state index contributed by atoms with van der Waals surface area (Å²) in [5, 5.41) is 3.37. The van der Waals surface area contributed by atoms with Crippen LogP contribution >= 0.6 is 0 Å². The number of hydrogen-bond donors (Lipinski definition) is 1. The molecule has 3 heteroatoms.